The highest BCUT2D eigenvalue weighted by atomic mass is 32.1. The molecular formula is C27H38N4O3S. The van der Waals surface area contributed by atoms with Crippen LogP contribution in [0.5, 0.6) is 0 Å². The van der Waals surface area contributed by atoms with Crippen LogP contribution in [0.15, 0.2) is 41.8 Å². The SMILES string of the molecule is CCCN1CCN(CCCNC(=O)[C@@H]2c3ccccc3C(=O)N(CCOC)[C@@H]2c2cccs2)CC1. The number of carbonyl (C=O) groups is 2. The largest absolute Gasteiger partial charge is 0.383 e. The molecule has 7 nitrogen and oxygen atoms in total. The number of nitrogens with zero attached hydrogens (tertiary/aromatic N) is 3. The Morgan fingerprint density at radius 1 is 1.06 bits per heavy atom. The number of fused-ring (bicyclic) bond motifs is 1. The van der Waals surface area contributed by atoms with Gasteiger partial charge in [-0.15, -0.1) is 11.3 Å². The van der Waals surface area contributed by atoms with Gasteiger partial charge in [0.05, 0.1) is 18.6 Å². The highest BCUT2D eigenvalue weighted by Crippen LogP contribution is 2.44. The molecule has 1 saturated heterocycles. The minimum atomic E-state index is -0.447. The Labute approximate surface area is 213 Å². The van der Waals surface area contributed by atoms with E-state index in [0.717, 1.165) is 49.6 Å². The maximum Gasteiger partial charge on any atom is 0.254 e. The van der Waals surface area contributed by atoms with E-state index in [1.165, 1.54) is 13.0 Å². The predicted molar refractivity (Wildman–Crippen MR) is 140 cm³/mol. The highest BCUT2D eigenvalue weighted by molar-refractivity contribution is 7.10. The van der Waals surface area contributed by atoms with Gasteiger partial charge >= 0.3 is 0 Å². The first kappa shape index (κ1) is 25.8. The molecule has 2 aliphatic heterocycles. The Hall–Kier alpha value is -2.26. The second-order valence-electron chi connectivity index (χ2n) is 9.34. The maximum absolute atomic E-state index is 13.7. The average molecular weight is 499 g/mol. The number of piperazine rings is 1. The third-order valence-electron chi connectivity index (χ3n) is 7.05. The summed E-state index contributed by atoms with van der Waals surface area (Å²) >= 11 is 1.59. The zero-order valence-corrected chi connectivity index (χ0v) is 21.8. The Balaban J connectivity index is 1.44. The number of hydrogen-bond acceptors (Lipinski definition) is 6. The lowest BCUT2D eigenvalue weighted by atomic mass is 9.81. The first-order chi connectivity index (χ1) is 17.1. The fourth-order valence-electron chi connectivity index (χ4n) is 5.26. The molecule has 0 spiro atoms. The smallest absolute Gasteiger partial charge is 0.254 e. The zero-order chi connectivity index (χ0) is 24.6. The maximum atomic E-state index is 13.7. The molecule has 1 aromatic carbocycles. The van der Waals surface area contributed by atoms with Gasteiger partial charge in [-0.1, -0.05) is 31.2 Å². The summed E-state index contributed by atoms with van der Waals surface area (Å²) in [5.74, 6) is -0.502. The van der Waals surface area contributed by atoms with Crippen molar-refractivity contribution >= 4 is 23.2 Å². The quantitative estimate of drug-likeness (QED) is 0.482. The van der Waals surface area contributed by atoms with Gasteiger partial charge in [-0.2, -0.15) is 0 Å². The van der Waals surface area contributed by atoms with E-state index in [1.54, 1.807) is 18.4 Å². The minimum Gasteiger partial charge on any atom is -0.383 e. The van der Waals surface area contributed by atoms with Crippen LogP contribution in [0, 0.1) is 0 Å². The van der Waals surface area contributed by atoms with E-state index in [-0.39, 0.29) is 17.9 Å². The first-order valence-corrected chi connectivity index (χ1v) is 13.7. The number of nitrogens with one attached hydrogen (secondary N) is 1. The number of carbonyl (C=O) groups excluding carboxylic acids is 2. The Morgan fingerprint density at radius 3 is 2.49 bits per heavy atom. The van der Waals surface area contributed by atoms with Gasteiger partial charge in [0.15, 0.2) is 0 Å². The summed E-state index contributed by atoms with van der Waals surface area (Å²) in [6.45, 7) is 10.4. The molecule has 2 amide bonds. The molecule has 2 atom stereocenters. The number of hydrogen-bond donors (Lipinski definition) is 1. The molecular weight excluding hydrogens is 460 g/mol. The monoisotopic (exact) mass is 498 g/mol. The van der Waals surface area contributed by atoms with Gasteiger partial charge < -0.3 is 24.8 Å². The van der Waals surface area contributed by atoms with Crippen molar-refractivity contribution < 1.29 is 14.3 Å². The molecule has 0 unspecified atom stereocenters. The molecule has 190 valence electrons. The molecule has 35 heavy (non-hydrogen) atoms. The number of ether oxygens (including phenoxy) is 1. The van der Waals surface area contributed by atoms with Gasteiger partial charge in [0.2, 0.25) is 5.91 Å². The summed E-state index contributed by atoms with van der Waals surface area (Å²) in [6.07, 6.45) is 2.13. The van der Waals surface area contributed by atoms with Crippen LogP contribution < -0.4 is 5.32 Å². The molecule has 1 aromatic heterocycles. The van der Waals surface area contributed by atoms with Crippen molar-refractivity contribution in [3.05, 3.63) is 57.8 Å². The number of methoxy groups -OCH3 is 1. The standard InChI is InChI=1S/C27H38N4O3S/c1-3-12-29-14-16-30(17-15-29)13-7-11-28-26(32)24-21-8-4-5-9-22(21)27(33)31(18-19-34-2)25(24)23-10-6-20-35-23/h4-6,8-10,20,24-25H,3,7,11-19H2,1-2H3,(H,28,32)/t24-,25-/m1/s1. The van der Waals surface area contributed by atoms with Crippen molar-refractivity contribution in [3.8, 4) is 0 Å². The van der Waals surface area contributed by atoms with Crippen LogP contribution in [0.3, 0.4) is 0 Å². The van der Waals surface area contributed by atoms with Gasteiger partial charge in [0.25, 0.3) is 5.91 Å². The van der Waals surface area contributed by atoms with Crippen molar-refractivity contribution in [2.45, 2.75) is 31.7 Å². The van der Waals surface area contributed by atoms with Crippen molar-refractivity contribution in [2.75, 3.05) is 66.1 Å². The van der Waals surface area contributed by atoms with Crippen LogP contribution in [-0.2, 0) is 9.53 Å². The van der Waals surface area contributed by atoms with Gasteiger partial charge in [0.1, 0.15) is 0 Å². The zero-order valence-electron chi connectivity index (χ0n) is 20.9. The second-order valence-corrected chi connectivity index (χ2v) is 10.3. The lowest BCUT2D eigenvalue weighted by Gasteiger charge is -2.41. The van der Waals surface area contributed by atoms with Gasteiger partial charge in [-0.05, 0) is 49.0 Å². The number of thiophene rings is 1. The average Bonchev–Trinajstić information content (AvgIpc) is 3.41. The molecule has 2 aromatic rings. The molecule has 4 rings (SSSR count). The summed E-state index contributed by atoms with van der Waals surface area (Å²) in [6, 6.07) is 11.2. The van der Waals surface area contributed by atoms with E-state index in [4.69, 9.17) is 4.74 Å². The third-order valence-corrected chi connectivity index (χ3v) is 7.99. The van der Waals surface area contributed by atoms with Crippen molar-refractivity contribution in [2.24, 2.45) is 0 Å². The molecule has 0 saturated carbocycles. The van der Waals surface area contributed by atoms with Gasteiger partial charge in [0, 0.05) is 56.8 Å². The van der Waals surface area contributed by atoms with Crippen LogP contribution in [0.25, 0.3) is 0 Å². The fraction of sp³-hybridized carbons (Fsp3) is 0.556. The number of amides is 2. The lowest BCUT2D eigenvalue weighted by Crippen LogP contribution is -2.49. The van der Waals surface area contributed by atoms with E-state index in [2.05, 4.69) is 22.0 Å². The van der Waals surface area contributed by atoms with E-state index in [1.807, 2.05) is 46.7 Å². The van der Waals surface area contributed by atoms with Crippen LogP contribution in [0.1, 0.15) is 52.5 Å². The van der Waals surface area contributed by atoms with Gasteiger partial charge in [-0.25, -0.2) is 0 Å². The molecule has 1 fully saturated rings. The topological polar surface area (TPSA) is 65.1 Å². The van der Waals surface area contributed by atoms with Crippen molar-refractivity contribution in [1.29, 1.82) is 0 Å². The molecule has 3 heterocycles. The molecule has 2 aliphatic rings. The van der Waals surface area contributed by atoms with Crippen LogP contribution >= 0.6 is 11.3 Å². The Kier molecular flexibility index (Phi) is 9.31. The molecule has 8 heteroatoms. The van der Waals surface area contributed by atoms with Crippen LogP contribution in [0.4, 0.5) is 0 Å². The molecule has 0 radical (unpaired) electrons. The second kappa shape index (κ2) is 12.6. The van der Waals surface area contributed by atoms with E-state index in [0.29, 0.717) is 25.3 Å². The first-order valence-electron chi connectivity index (χ1n) is 12.8. The Bertz CT molecular complexity index is 959. The highest BCUT2D eigenvalue weighted by Gasteiger charge is 2.44. The predicted octanol–water partition coefficient (Wildman–Crippen LogP) is 3.21. The van der Waals surface area contributed by atoms with Gasteiger partial charge in [-0.3, -0.25) is 9.59 Å². The van der Waals surface area contributed by atoms with Crippen LogP contribution in [0.2, 0.25) is 0 Å². The molecule has 0 aliphatic carbocycles. The van der Waals surface area contributed by atoms with Crippen molar-refractivity contribution in [1.82, 2.24) is 20.0 Å². The Morgan fingerprint density at radius 2 is 1.80 bits per heavy atom. The number of rotatable bonds is 11. The van der Waals surface area contributed by atoms with E-state index >= 15 is 0 Å². The fourth-order valence-corrected chi connectivity index (χ4v) is 6.14. The van der Waals surface area contributed by atoms with E-state index in [9.17, 15) is 9.59 Å². The van der Waals surface area contributed by atoms with E-state index < -0.39 is 5.92 Å². The summed E-state index contributed by atoms with van der Waals surface area (Å²) in [4.78, 5) is 35.0. The third kappa shape index (κ3) is 6.12. The summed E-state index contributed by atoms with van der Waals surface area (Å²) < 4.78 is 5.30. The summed E-state index contributed by atoms with van der Waals surface area (Å²) in [5.41, 5.74) is 1.43. The normalized spacial score (nSPS) is 21.2. The lowest BCUT2D eigenvalue weighted by molar-refractivity contribution is -0.124. The minimum absolute atomic E-state index is 0.0152. The van der Waals surface area contributed by atoms with Crippen LogP contribution in [-0.4, -0.2) is 92.6 Å². The summed E-state index contributed by atoms with van der Waals surface area (Å²) in [7, 11) is 1.64. The number of benzene rings is 1. The molecule has 0 bridgehead atoms. The van der Waals surface area contributed by atoms with Crippen molar-refractivity contribution in [3.63, 3.8) is 0 Å². The summed E-state index contributed by atoms with van der Waals surface area (Å²) in [5, 5.41) is 5.21. The molecule has 1 N–H and O–H groups in total.